The third kappa shape index (κ3) is 1.65. The van der Waals surface area contributed by atoms with E-state index in [1.54, 1.807) is 6.20 Å². The van der Waals surface area contributed by atoms with Crippen molar-refractivity contribution in [2.75, 3.05) is 5.32 Å². The summed E-state index contributed by atoms with van der Waals surface area (Å²) in [6.45, 7) is 0.744. The molecule has 0 saturated carbocycles. The van der Waals surface area contributed by atoms with Gasteiger partial charge in [-0.3, -0.25) is 0 Å². The molecule has 0 unspecified atom stereocenters. The van der Waals surface area contributed by atoms with Crippen LogP contribution in [-0.2, 0) is 6.54 Å². The van der Waals surface area contributed by atoms with Gasteiger partial charge in [-0.1, -0.05) is 15.9 Å². The van der Waals surface area contributed by atoms with E-state index in [0.717, 1.165) is 28.0 Å². The lowest BCUT2D eigenvalue weighted by Gasteiger charge is -2.06. The van der Waals surface area contributed by atoms with E-state index in [1.165, 1.54) is 0 Å². The van der Waals surface area contributed by atoms with Crippen molar-refractivity contribution in [2.45, 2.75) is 6.54 Å². The molecule has 1 aromatic heterocycles. The van der Waals surface area contributed by atoms with Gasteiger partial charge in [-0.25, -0.2) is 4.98 Å². The molecule has 0 saturated heterocycles. The van der Waals surface area contributed by atoms with Crippen molar-refractivity contribution in [2.24, 2.45) is 0 Å². The van der Waals surface area contributed by atoms with Gasteiger partial charge >= 0.3 is 0 Å². The molecule has 16 heavy (non-hydrogen) atoms. The highest BCUT2D eigenvalue weighted by atomic mass is 79.9. The SMILES string of the molecule is Brc1ccc2c(c1)CNc1cccnc1O2. The molecule has 0 radical (unpaired) electrons. The van der Waals surface area contributed by atoms with Crippen LogP contribution in [0.15, 0.2) is 41.0 Å². The lowest BCUT2D eigenvalue weighted by Crippen LogP contribution is -1.97. The van der Waals surface area contributed by atoms with E-state index >= 15 is 0 Å². The number of benzene rings is 1. The standard InChI is InChI=1S/C12H9BrN2O/c13-9-3-4-11-8(6-9)7-15-10-2-1-5-14-12(10)16-11/h1-6,15H,7H2. The third-order valence-corrected chi connectivity index (χ3v) is 2.96. The lowest BCUT2D eigenvalue weighted by atomic mass is 10.2. The van der Waals surface area contributed by atoms with Crippen LogP contribution in [0.1, 0.15) is 5.56 Å². The summed E-state index contributed by atoms with van der Waals surface area (Å²) in [4.78, 5) is 4.20. The van der Waals surface area contributed by atoms with Gasteiger partial charge in [0, 0.05) is 22.8 Å². The summed E-state index contributed by atoms with van der Waals surface area (Å²) in [6.07, 6.45) is 1.73. The van der Waals surface area contributed by atoms with Crippen LogP contribution >= 0.6 is 15.9 Å². The van der Waals surface area contributed by atoms with Crippen molar-refractivity contribution >= 4 is 21.6 Å². The minimum absolute atomic E-state index is 0.628. The van der Waals surface area contributed by atoms with Crippen LogP contribution < -0.4 is 10.1 Å². The molecule has 3 nitrogen and oxygen atoms in total. The number of pyridine rings is 1. The van der Waals surface area contributed by atoms with E-state index in [9.17, 15) is 0 Å². The Labute approximate surface area is 102 Å². The van der Waals surface area contributed by atoms with Crippen LogP contribution in [0.25, 0.3) is 0 Å². The Morgan fingerprint density at radius 1 is 1.31 bits per heavy atom. The van der Waals surface area contributed by atoms with Crippen LogP contribution in [0.5, 0.6) is 11.6 Å². The largest absolute Gasteiger partial charge is 0.437 e. The van der Waals surface area contributed by atoms with Gasteiger partial charge in [-0.2, -0.15) is 0 Å². The van der Waals surface area contributed by atoms with Crippen LogP contribution in [0.4, 0.5) is 5.69 Å². The molecule has 1 aliphatic rings. The van der Waals surface area contributed by atoms with Crippen molar-refractivity contribution in [3.05, 3.63) is 46.6 Å². The number of nitrogens with zero attached hydrogens (tertiary/aromatic N) is 1. The number of aromatic nitrogens is 1. The van der Waals surface area contributed by atoms with E-state index < -0.39 is 0 Å². The number of hydrogen-bond acceptors (Lipinski definition) is 3. The highest BCUT2D eigenvalue weighted by molar-refractivity contribution is 9.10. The smallest absolute Gasteiger partial charge is 0.242 e. The van der Waals surface area contributed by atoms with Gasteiger partial charge in [-0.05, 0) is 30.3 Å². The summed E-state index contributed by atoms with van der Waals surface area (Å²) in [5.74, 6) is 1.48. The fourth-order valence-corrected chi connectivity index (χ4v) is 2.10. The average molecular weight is 277 g/mol. The van der Waals surface area contributed by atoms with E-state index in [2.05, 4.69) is 26.2 Å². The second-order valence-corrected chi connectivity index (χ2v) is 4.48. The maximum absolute atomic E-state index is 5.76. The topological polar surface area (TPSA) is 34.2 Å². The first-order chi connectivity index (χ1) is 7.83. The first-order valence-corrected chi connectivity index (χ1v) is 5.77. The van der Waals surface area contributed by atoms with Gasteiger partial charge in [0.25, 0.3) is 0 Å². The summed E-state index contributed by atoms with van der Waals surface area (Å²) in [6, 6.07) is 9.82. The average Bonchev–Trinajstić information content (AvgIpc) is 2.48. The quantitative estimate of drug-likeness (QED) is 0.799. The van der Waals surface area contributed by atoms with E-state index in [4.69, 9.17) is 4.74 Å². The van der Waals surface area contributed by atoms with E-state index in [-0.39, 0.29) is 0 Å². The van der Waals surface area contributed by atoms with Crippen LogP contribution in [-0.4, -0.2) is 4.98 Å². The number of anilines is 1. The van der Waals surface area contributed by atoms with E-state index in [0.29, 0.717) is 5.88 Å². The van der Waals surface area contributed by atoms with Crippen molar-refractivity contribution in [1.82, 2.24) is 4.98 Å². The second kappa shape index (κ2) is 3.79. The fraction of sp³-hybridized carbons (Fsp3) is 0.0833. The molecule has 0 fully saturated rings. The molecule has 2 aromatic rings. The third-order valence-electron chi connectivity index (χ3n) is 2.47. The molecule has 1 N–H and O–H groups in total. The number of hydrogen-bond donors (Lipinski definition) is 1. The number of halogens is 1. The van der Waals surface area contributed by atoms with Crippen molar-refractivity contribution in [3.63, 3.8) is 0 Å². The molecule has 3 rings (SSSR count). The predicted molar refractivity (Wildman–Crippen MR) is 65.8 cm³/mol. The summed E-state index contributed by atoms with van der Waals surface area (Å²) >= 11 is 3.45. The molecule has 0 aliphatic carbocycles. The number of rotatable bonds is 0. The zero-order chi connectivity index (χ0) is 11.0. The first-order valence-electron chi connectivity index (χ1n) is 4.98. The van der Waals surface area contributed by atoms with Crippen molar-refractivity contribution in [1.29, 1.82) is 0 Å². The fourth-order valence-electron chi connectivity index (χ4n) is 1.69. The maximum atomic E-state index is 5.76. The number of nitrogens with one attached hydrogen (secondary N) is 1. The molecule has 2 heterocycles. The molecule has 0 atom stereocenters. The van der Waals surface area contributed by atoms with Gasteiger partial charge in [0.15, 0.2) is 0 Å². The zero-order valence-electron chi connectivity index (χ0n) is 8.40. The summed E-state index contributed by atoms with van der Waals surface area (Å²) in [7, 11) is 0. The van der Waals surface area contributed by atoms with Gasteiger partial charge in [0.05, 0.1) is 5.69 Å². The summed E-state index contributed by atoms with van der Waals surface area (Å²) in [5, 5.41) is 3.30. The Bertz CT molecular complexity index is 542. The Hall–Kier alpha value is -1.55. The Morgan fingerprint density at radius 3 is 3.19 bits per heavy atom. The minimum Gasteiger partial charge on any atom is -0.437 e. The molecular weight excluding hydrogens is 268 g/mol. The Kier molecular flexibility index (Phi) is 2.29. The van der Waals surface area contributed by atoms with Gasteiger partial charge in [-0.15, -0.1) is 0 Å². The molecule has 80 valence electrons. The van der Waals surface area contributed by atoms with Gasteiger partial charge in [0.2, 0.25) is 5.88 Å². The highest BCUT2D eigenvalue weighted by Crippen LogP contribution is 2.34. The molecule has 1 aliphatic heterocycles. The molecule has 0 spiro atoms. The number of fused-ring (bicyclic) bond motifs is 2. The lowest BCUT2D eigenvalue weighted by molar-refractivity contribution is 0.464. The van der Waals surface area contributed by atoms with E-state index in [1.807, 2.05) is 30.3 Å². The van der Waals surface area contributed by atoms with Crippen LogP contribution in [0.3, 0.4) is 0 Å². The molecule has 1 aromatic carbocycles. The maximum Gasteiger partial charge on any atom is 0.242 e. The Balaban J connectivity index is 2.08. The van der Waals surface area contributed by atoms with Crippen LogP contribution in [0, 0.1) is 0 Å². The monoisotopic (exact) mass is 276 g/mol. The molecule has 0 bridgehead atoms. The molecule has 4 heteroatoms. The van der Waals surface area contributed by atoms with Crippen molar-refractivity contribution < 1.29 is 4.74 Å². The van der Waals surface area contributed by atoms with Gasteiger partial charge in [0.1, 0.15) is 5.75 Å². The Morgan fingerprint density at radius 2 is 2.25 bits per heavy atom. The second-order valence-electron chi connectivity index (χ2n) is 3.56. The summed E-state index contributed by atoms with van der Waals surface area (Å²) in [5.41, 5.74) is 2.04. The van der Waals surface area contributed by atoms with Crippen LogP contribution in [0.2, 0.25) is 0 Å². The normalized spacial score (nSPS) is 12.8. The predicted octanol–water partition coefficient (Wildman–Crippen LogP) is 3.56. The highest BCUT2D eigenvalue weighted by Gasteiger charge is 2.14. The minimum atomic E-state index is 0.628. The first kappa shape index (κ1) is 9.66. The van der Waals surface area contributed by atoms with Gasteiger partial charge < -0.3 is 10.1 Å². The molecule has 0 amide bonds. The summed E-state index contributed by atoms with van der Waals surface area (Å²) < 4.78 is 6.81. The molecular formula is C12H9BrN2O. The van der Waals surface area contributed by atoms with Crippen molar-refractivity contribution in [3.8, 4) is 11.6 Å². The zero-order valence-corrected chi connectivity index (χ0v) is 9.99. The number of ether oxygens (including phenoxy) is 1.